The van der Waals surface area contributed by atoms with E-state index in [0.29, 0.717) is 6.04 Å². The van der Waals surface area contributed by atoms with Gasteiger partial charge in [-0.3, -0.25) is 4.90 Å². The second-order valence-electron chi connectivity index (χ2n) is 6.07. The van der Waals surface area contributed by atoms with Crippen LogP contribution in [0.25, 0.3) is 10.6 Å². The number of thiazole rings is 1. The number of hydrogen-bond acceptors (Lipinski definition) is 4. The van der Waals surface area contributed by atoms with Crippen molar-refractivity contribution in [2.75, 3.05) is 6.54 Å². The van der Waals surface area contributed by atoms with Crippen molar-refractivity contribution < 1.29 is 9.90 Å². The Balaban J connectivity index is 1.70. The van der Waals surface area contributed by atoms with Gasteiger partial charge in [-0.2, -0.15) is 0 Å². The van der Waals surface area contributed by atoms with Gasteiger partial charge >= 0.3 is 5.97 Å². The third-order valence-corrected chi connectivity index (χ3v) is 5.42. The number of carboxylic acids is 1. The van der Waals surface area contributed by atoms with Crippen LogP contribution >= 0.6 is 11.3 Å². The number of hydrogen-bond donors (Lipinski definition) is 1. The molecule has 1 fully saturated rings. The van der Waals surface area contributed by atoms with E-state index in [-0.39, 0.29) is 5.69 Å². The maximum atomic E-state index is 10.9. The molecule has 1 saturated heterocycles. The first-order valence-corrected chi connectivity index (χ1v) is 9.07. The molecule has 0 spiro atoms. The summed E-state index contributed by atoms with van der Waals surface area (Å²) in [5, 5.41) is 11.3. The number of carboxylic acid groups (broad SMARTS) is 1. The van der Waals surface area contributed by atoms with Crippen molar-refractivity contribution in [2.45, 2.75) is 45.2 Å². The molecule has 1 aliphatic rings. The van der Waals surface area contributed by atoms with Crippen LogP contribution in [0.4, 0.5) is 0 Å². The van der Waals surface area contributed by atoms with E-state index in [4.69, 9.17) is 5.11 Å². The fourth-order valence-electron chi connectivity index (χ4n) is 3.22. The average Bonchev–Trinajstić information content (AvgIpc) is 3.06. The summed E-state index contributed by atoms with van der Waals surface area (Å²) in [7, 11) is 0. The molecular weight excluding hydrogens is 308 g/mol. The second kappa shape index (κ2) is 7.23. The number of nitrogens with zero attached hydrogens (tertiary/aromatic N) is 2. The molecule has 1 aliphatic heterocycles. The molecule has 1 atom stereocenters. The summed E-state index contributed by atoms with van der Waals surface area (Å²) in [5.74, 6) is -0.972. The molecule has 0 radical (unpaired) electrons. The maximum Gasteiger partial charge on any atom is 0.355 e. The second-order valence-corrected chi connectivity index (χ2v) is 6.93. The van der Waals surface area contributed by atoms with Crippen molar-refractivity contribution in [3.63, 3.8) is 0 Å². The summed E-state index contributed by atoms with van der Waals surface area (Å²) < 4.78 is 0. The van der Waals surface area contributed by atoms with E-state index < -0.39 is 5.97 Å². The lowest BCUT2D eigenvalue weighted by atomic mass is 9.99. The number of aromatic nitrogens is 1. The van der Waals surface area contributed by atoms with Gasteiger partial charge in [0.2, 0.25) is 0 Å². The molecule has 0 bridgehead atoms. The van der Waals surface area contributed by atoms with E-state index in [1.165, 1.54) is 49.1 Å². The Bertz CT molecular complexity index is 666. The minimum Gasteiger partial charge on any atom is -0.476 e. The van der Waals surface area contributed by atoms with Crippen molar-refractivity contribution in [2.24, 2.45) is 0 Å². The van der Waals surface area contributed by atoms with E-state index in [9.17, 15) is 4.79 Å². The van der Waals surface area contributed by atoms with Gasteiger partial charge in [0.25, 0.3) is 0 Å². The topological polar surface area (TPSA) is 53.4 Å². The summed E-state index contributed by atoms with van der Waals surface area (Å²) in [6, 6.07) is 9.08. The average molecular weight is 330 g/mol. The zero-order valence-electron chi connectivity index (χ0n) is 13.4. The number of rotatable bonds is 5. The smallest absolute Gasteiger partial charge is 0.355 e. The van der Waals surface area contributed by atoms with Gasteiger partial charge in [0.1, 0.15) is 5.01 Å². The summed E-state index contributed by atoms with van der Waals surface area (Å²) >= 11 is 1.37. The zero-order valence-corrected chi connectivity index (χ0v) is 14.2. The van der Waals surface area contributed by atoms with E-state index in [1.54, 1.807) is 5.38 Å². The Kier molecular flexibility index (Phi) is 5.08. The van der Waals surface area contributed by atoms with Crippen LogP contribution in [0.15, 0.2) is 29.6 Å². The number of piperidine rings is 1. The number of benzene rings is 1. The first-order chi connectivity index (χ1) is 11.2. The largest absolute Gasteiger partial charge is 0.476 e. The van der Waals surface area contributed by atoms with Crippen LogP contribution in [0.3, 0.4) is 0 Å². The molecule has 0 saturated carbocycles. The summed E-state index contributed by atoms with van der Waals surface area (Å²) in [6.45, 7) is 4.46. The van der Waals surface area contributed by atoms with Gasteiger partial charge in [-0.15, -0.1) is 11.3 Å². The Morgan fingerprint density at radius 2 is 2.13 bits per heavy atom. The van der Waals surface area contributed by atoms with Gasteiger partial charge in [0, 0.05) is 23.5 Å². The van der Waals surface area contributed by atoms with Crippen LogP contribution in [-0.4, -0.2) is 33.5 Å². The van der Waals surface area contributed by atoms with Crippen LogP contribution in [-0.2, 0) is 6.54 Å². The molecule has 23 heavy (non-hydrogen) atoms. The van der Waals surface area contributed by atoms with E-state index in [0.717, 1.165) is 17.1 Å². The van der Waals surface area contributed by atoms with Crippen molar-refractivity contribution >= 4 is 17.3 Å². The van der Waals surface area contributed by atoms with Crippen molar-refractivity contribution in [1.29, 1.82) is 0 Å². The molecule has 1 unspecified atom stereocenters. The lowest BCUT2D eigenvalue weighted by molar-refractivity contribution is 0.0691. The van der Waals surface area contributed by atoms with Crippen molar-refractivity contribution in [1.82, 2.24) is 9.88 Å². The quantitative estimate of drug-likeness (QED) is 0.889. The minimum atomic E-state index is -0.972. The number of likely N-dealkylation sites (tertiary alicyclic amines) is 1. The predicted octanol–water partition coefficient (Wildman–Crippen LogP) is 4.27. The molecule has 4 nitrogen and oxygen atoms in total. The van der Waals surface area contributed by atoms with Crippen molar-refractivity contribution in [3.05, 3.63) is 40.9 Å². The Morgan fingerprint density at radius 1 is 1.35 bits per heavy atom. The molecule has 1 aromatic carbocycles. The lowest BCUT2D eigenvalue weighted by Gasteiger charge is -2.35. The van der Waals surface area contributed by atoms with Crippen LogP contribution in [0.5, 0.6) is 0 Å². The molecule has 1 N–H and O–H groups in total. The molecule has 122 valence electrons. The number of aromatic carboxylic acids is 1. The van der Waals surface area contributed by atoms with Gasteiger partial charge in [0.05, 0.1) is 0 Å². The third kappa shape index (κ3) is 3.79. The highest BCUT2D eigenvalue weighted by Gasteiger charge is 2.20. The number of carbonyl (C=O) groups is 1. The zero-order chi connectivity index (χ0) is 16.2. The van der Waals surface area contributed by atoms with E-state index in [2.05, 4.69) is 28.9 Å². The first-order valence-electron chi connectivity index (χ1n) is 8.19. The summed E-state index contributed by atoms with van der Waals surface area (Å²) in [5.41, 5.74) is 2.41. The minimum absolute atomic E-state index is 0.119. The molecule has 2 aromatic rings. The van der Waals surface area contributed by atoms with Gasteiger partial charge in [0.15, 0.2) is 5.69 Å². The highest BCUT2D eigenvalue weighted by atomic mass is 32.1. The Morgan fingerprint density at radius 3 is 2.78 bits per heavy atom. The van der Waals surface area contributed by atoms with Gasteiger partial charge in [-0.1, -0.05) is 37.6 Å². The normalized spacial score (nSPS) is 18.9. The van der Waals surface area contributed by atoms with Gasteiger partial charge < -0.3 is 5.11 Å². The molecular formula is C18H22N2O2S. The standard InChI is InChI=1S/C18H22N2O2S/c1-2-15-5-3-4-10-20(15)11-13-6-8-14(9-7-13)17-19-16(12-23-17)18(21)22/h6-9,12,15H,2-5,10-11H2,1H3,(H,21,22). The molecule has 0 aliphatic carbocycles. The fraction of sp³-hybridized carbons (Fsp3) is 0.444. The first kappa shape index (κ1) is 16.1. The summed E-state index contributed by atoms with van der Waals surface area (Å²) in [4.78, 5) is 17.7. The summed E-state index contributed by atoms with van der Waals surface area (Å²) in [6.07, 6.45) is 5.18. The third-order valence-electron chi connectivity index (χ3n) is 4.53. The Hall–Kier alpha value is -1.72. The Labute approximate surface area is 140 Å². The van der Waals surface area contributed by atoms with E-state index >= 15 is 0 Å². The highest BCUT2D eigenvalue weighted by Crippen LogP contribution is 2.26. The van der Waals surface area contributed by atoms with Crippen LogP contribution < -0.4 is 0 Å². The monoisotopic (exact) mass is 330 g/mol. The molecule has 5 heteroatoms. The van der Waals surface area contributed by atoms with Gasteiger partial charge in [-0.05, 0) is 31.4 Å². The molecule has 0 amide bonds. The van der Waals surface area contributed by atoms with Crippen LogP contribution in [0, 0.1) is 0 Å². The highest BCUT2D eigenvalue weighted by molar-refractivity contribution is 7.13. The van der Waals surface area contributed by atoms with Crippen LogP contribution in [0.1, 0.15) is 48.7 Å². The molecule has 2 heterocycles. The van der Waals surface area contributed by atoms with Gasteiger partial charge in [-0.25, -0.2) is 9.78 Å². The van der Waals surface area contributed by atoms with E-state index in [1.807, 2.05) is 12.1 Å². The van der Waals surface area contributed by atoms with Crippen LogP contribution in [0.2, 0.25) is 0 Å². The predicted molar refractivity (Wildman–Crippen MR) is 92.8 cm³/mol. The lowest BCUT2D eigenvalue weighted by Crippen LogP contribution is -2.38. The maximum absolute atomic E-state index is 10.9. The fourth-order valence-corrected chi connectivity index (χ4v) is 4.02. The molecule has 1 aromatic heterocycles. The molecule has 3 rings (SSSR count). The van der Waals surface area contributed by atoms with Crippen molar-refractivity contribution in [3.8, 4) is 10.6 Å². The SMILES string of the molecule is CCC1CCCCN1Cc1ccc(-c2nc(C(=O)O)cs2)cc1.